The van der Waals surface area contributed by atoms with Crippen LogP contribution in [0.2, 0.25) is 0 Å². The lowest BCUT2D eigenvalue weighted by atomic mass is 9.81. The third kappa shape index (κ3) is 10.2. The van der Waals surface area contributed by atoms with Crippen molar-refractivity contribution in [1.29, 1.82) is 0 Å². The second-order valence-corrected chi connectivity index (χ2v) is 12.6. The first kappa shape index (κ1) is 37.5. The number of alkyl halides is 9. The van der Waals surface area contributed by atoms with E-state index in [1.807, 2.05) is 0 Å². The average molecular weight is 671 g/mol. The number of nitrogens with one attached hydrogen (secondary N) is 2. The van der Waals surface area contributed by atoms with Gasteiger partial charge in [0, 0.05) is 19.7 Å². The second kappa shape index (κ2) is 14.4. The zero-order valence-electron chi connectivity index (χ0n) is 26.1. The van der Waals surface area contributed by atoms with Crippen LogP contribution in [0.3, 0.4) is 0 Å². The van der Waals surface area contributed by atoms with Gasteiger partial charge in [-0.15, -0.1) is 0 Å². The van der Waals surface area contributed by atoms with Gasteiger partial charge in [0.2, 0.25) is 0 Å². The Bertz CT molecular complexity index is 1300. The zero-order valence-corrected chi connectivity index (χ0v) is 26.1. The molecule has 1 amide bonds. The fourth-order valence-electron chi connectivity index (χ4n) is 5.70. The first-order valence-corrected chi connectivity index (χ1v) is 14.8. The van der Waals surface area contributed by atoms with E-state index in [-0.39, 0.29) is 24.1 Å². The van der Waals surface area contributed by atoms with Crippen molar-refractivity contribution in [1.82, 2.24) is 10.6 Å². The molecule has 14 heteroatoms. The lowest BCUT2D eigenvalue weighted by Gasteiger charge is -2.32. The van der Waals surface area contributed by atoms with Crippen molar-refractivity contribution < 1.29 is 53.8 Å². The van der Waals surface area contributed by atoms with Gasteiger partial charge in [-0.05, 0) is 93.5 Å². The first-order chi connectivity index (χ1) is 21.1. The molecule has 0 unspecified atom stereocenters. The predicted octanol–water partition coefficient (Wildman–Crippen LogP) is 9.75. The summed E-state index contributed by atoms with van der Waals surface area (Å²) in [6.07, 6.45) is -12.1. The van der Waals surface area contributed by atoms with Crippen LogP contribution in [0.25, 0.3) is 0 Å². The minimum atomic E-state index is -5.15. The molecule has 46 heavy (non-hydrogen) atoms. The SMILES string of the molecule is CO[C@H](c1ccc(C(F)(F)F)cc1CN[C@@H](C)[C@H](NC(=O)OC(C)(C)C)c1cc(C(F)(F)F)cc(C(F)(F)F)c1)C1CCCCC1. The molecule has 0 aliphatic heterocycles. The van der Waals surface area contributed by atoms with Crippen LogP contribution >= 0.6 is 0 Å². The Kier molecular flexibility index (Phi) is 11.7. The molecule has 3 rings (SSSR count). The van der Waals surface area contributed by atoms with E-state index in [0.717, 1.165) is 44.2 Å². The monoisotopic (exact) mass is 670 g/mol. The van der Waals surface area contributed by atoms with Crippen molar-refractivity contribution in [2.45, 2.75) is 109 Å². The number of hydrogen-bond acceptors (Lipinski definition) is 4. The van der Waals surface area contributed by atoms with Crippen LogP contribution in [0.4, 0.5) is 44.3 Å². The molecule has 1 aliphatic rings. The molecule has 1 fully saturated rings. The van der Waals surface area contributed by atoms with E-state index in [1.165, 1.54) is 40.9 Å². The van der Waals surface area contributed by atoms with Gasteiger partial charge in [0.05, 0.1) is 28.8 Å². The van der Waals surface area contributed by atoms with Crippen LogP contribution in [-0.4, -0.2) is 24.8 Å². The Labute approximate surface area is 262 Å². The lowest BCUT2D eigenvalue weighted by molar-refractivity contribution is -0.143. The molecule has 0 spiro atoms. The first-order valence-electron chi connectivity index (χ1n) is 14.8. The van der Waals surface area contributed by atoms with Crippen LogP contribution in [0, 0.1) is 5.92 Å². The number of methoxy groups -OCH3 is 1. The highest BCUT2D eigenvalue weighted by Crippen LogP contribution is 2.41. The smallest absolute Gasteiger partial charge is 0.416 e. The van der Waals surface area contributed by atoms with Crippen molar-refractivity contribution >= 4 is 6.09 Å². The number of carbonyl (C=O) groups is 1. The summed E-state index contributed by atoms with van der Waals surface area (Å²) in [7, 11) is 1.46. The molecule has 5 nitrogen and oxygen atoms in total. The molecule has 3 atom stereocenters. The molecular formula is C32H39F9N2O3. The number of halogens is 9. The van der Waals surface area contributed by atoms with E-state index < -0.39 is 70.7 Å². The number of rotatable bonds is 9. The normalized spacial score (nSPS) is 17.3. The fourth-order valence-corrected chi connectivity index (χ4v) is 5.70. The van der Waals surface area contributed by atoms with Crippen LogP contribution in [-0.2, 0) is 34.5 Å². The number of benzene rings is 2. The molecular weight excluding hydrogens is 631 g/mol. The number of ether oxygens (including phenoxy) is 2. The van der Waals surface area contributed by atoms with Crippen LogP contribution in [0.5, 0.6) is 0 Å². The minimum Gasteiger partial charge on any atom is -0.444 e. The molecule has 0 heterocycles. The van der Waals surface area contributed by atoms with Gasteiger partial charge in [0.15, 0.2) is 0 Å². The van der Waals surface area contributed by atoms with Crippen LogP contribution in [0.15, 0.2) is 36.4 Å². The molecule has 0 radical (unpaired) electrons. The third-order valence-electron chi connectivity index (χ3n) is 7.86. The van der Waals surface area contributed by atoms with E-state index in [0.29, 0.717) is 17.7 Å². The molecule has 2 aromatic carbocycles. The Morgan fingerprint density at radius 3 is 1.85 bits per heavy atom. The standard InChI is InChI=1S/C32H39F9N2O3/c1-18(42-17-21-15-22(30(33,34)35)11-12-25(21)27(45-5)19-9-7-6-8-10-19)26(43-28(44)46-29(2,3)4)20-13-23(31(36,37)38)16-24(14-20)32(39,40)41/h11-16,18-19,26-27,42H,6-10,17H2,1-5H3,(H,43,44)/t18-,26-,27-/m0/s1. The van der Waals surface area contributed by atoms with E-state index in [2.05, 4.69) is 10.6 Å². The van der Waals surface area contributed by atoms with E-state index >= 15 is 0 Å². The molecule has 2 N–H and O–H groups in total. The van der Waals surface area contributed by atoms with Crippen molar-refractivity contribution in [3.63, 3.8) is 0 Å². The van der Waals surface area contributed by atoms with Crippen molar-refractivity contribution in [3.8, 4) is 0 Å². The highest BCUT2D eigenvalue weighted by atomic mass is 19.4. The summed E-state index contributed by atoms with van der Waals surface area (Å²) in [6, 6.07) is 1.57. The minimum absolute atomic E-state index is 0.0306. The maximum absolute atomic E-state index is 13.7. The van der Waals surface area contributed by atoms with E-state index in [1.54, 1.807) is 0 Å². The summed E-state index contributed by atoms with van der Waals surface area (Å²) < 4.78 is 134. The highest BCUT2D eigenvalue weighted by molar-refractivity contribution is 5.68. The van der Waals surface area contributed by atoms with Gasteiger partial charge >= 0.3 is 24.6 Å². The van der Waals surface area contributed by atoms with Crippen LogP contribution < -0.4 is 10.6 Å². The van der Waals surface area contributed by atoms with Crippen LogP contribution in [0.1, 0.15) is 105 Å². The number of amides is 1. The van der Waals surface area contributed by atoms with Crippen molar-refractivity contribution in [2.24, 2.45) is 5.92 Å². The topological polar surface area (TPSA) is 59.6 Å². The number of alkyl carbamates (subject to hydrolysis) is 1. The fraction of sp³-hybridized carbons (Fsp3) is 0.594. The summed E-state index contributed by atoms with van der Waals surface area (Å²) in [5, 5.41) is 5.28. The summed E-state index contributed by atoms with van der Waals surface area (Å²) in [5.74, 6) is 0.0409. The Morgan fingerprint density at radius 2 is 1.37 bits per heavy atom. The molecule has 0 saturated heterocycles. The maximum atomic E-state index is 13.7. The predicted molar refractivity (Wildman–Crippen MR) is 153 cm³/mol. The summed E-state index contributed by atoms with van der Waals surface area (Å²) in [4.78, 5) is 12.8. The molecule has 0 bridgehead atoms. The Hall–Kier alpha value is -3.00. The van der Waals surface area contributed by atoms with Gasteiger partial charge in [-0.2, -0.15) is 39.5 Å². The number of hydrogen-bond donors (Lipinski definition) is 2. The molecule has 258 valence electrons. The average Bonchev–Trinajstić information content (AvgIpc) is 2.93. The Balaban J connectivity index is 2.05. The zero-order chi connectivity index (χ0) is 34.7. The maximum Gasteiger partial charge on any atom is 0.416 e. The van der Waals surface area contributed by atoms with E-state index in [9.17, 15) is 44.3 Å². The van der Waals surface area contributed by atoms with E-state index in [4.69, 9.17) is 9.47 Å². The highest BCUT2D eigenvalue weighted by Gasteiger charge is 2.39. The van der Waals surface area contributed by atoms with Gasteiger partial charge in [0.1, 0.15) is 5.60 Å². The van der Waals surface area contributed by atoms with Gasteiger partial charge < -0.3 is 20.1 Å². The van der Waals surface area contributed by atoms with Gasteiger partial charge in [-0.1, -0.05) is 25.3 Å². The number of carbonyl (C=O) groups excluding carboxylic acids is 1. The summed E-state index contributed by atoms with van der Waals surface area (Å²) in [5.41, 5.74) is -5.03. The van der Waals surface area contributed by atoms with Gasteiger partial charge in [-0.3, -0.25) is 0 Å². The lowest BCUT2D eigenvalue weighted by Crippen LogP contribution is -2.44. The van der Waals surface area contributed by atoms with Crippen molar-refractivity contribution in [3.05, 3.63) is 69.8 Å². The second-order valence-electron chi connectivity index (χ2n) is 12.6. The molecule has 0 aromatic heterocycles. The molecule has 2 aromatic rings. The summed E-state index contributed by atoms with van der Waals surface area (Å²) in [6.45, 7) is 5.66. The third-order valence-corrected chi connectivity index (χ3v) is 7.86. The summed E-state index contributed by atoms with van der Waals surface area (Å²) >= 11 is 0. The van der Waals surface area contributed by atoms with Gasteiger partial charge in [0.25, 0.3) is 0 Å². The molecule has 1 saturated carbocycles. The van der Waals surface area contributed by atoms with Crippen molar-refractivity contribution in [2.75, 3.05) is 7.11 Å². The van der Waals surface area contributed by atoms with Gasteiger partial charge in [-0.25, -0.2) is 4.79 Å². The Morgan fingerprint density at radius 1 is 0.826 bits per heavy atom. The largest absolute Gasteiger partial charge is 0.444 e. The molecule has 1 aliphatic carbocycles. The quantitative estimate of drug-likeness (QED) is 0.261.